The largest absolute Gasteiger partial charge is 0.478 e. The predicted molar refractivity (Wildman–Crippen MR) is 273 cm³/mol. The zero-order valence-electron chi connectivity index (χ0n) is 37.0. The molecule has 0 fully saturated rings. The Labute approximate surface area is 397 Å². The Morgan fingerprint density at radius 2 is 0.841 bits per heavy atom. The fourth-order valence-electron chi connectivity index (χ4n) is 9.31. The third-order valence-electron chi connectivity index (χ3n) is 12.8. The van der Waals surface area contributed by atoms with Gasteiger partial charge in [-0.2, -0.15) is 0 Å². The minimum absolute atomic E-state index is 0.302. The SMILES string of the molecule is C1=CC2Oc3c(-c4ccc(-c5ccc(-c6cc(-c7ccccn7)cc(-c7ccccn7)c6)cc5)cc4)ccc(-c4nc(-c5ccccc5)nc(-c5ccc6oc7ccccc7c6c5)n4)c3OC2C=C1. The van der Waals surface area contributed by atoms with Crippen molar-refractivity contribution in [2.45, 2.75) is 12.2 Å². The smallest absolute Gasteiger partial charge is 0.174 e. The number of ether oxygens (including phenoxy) is 2. The van der Waals surface area contributed by atoms with E-state index < -0.39 is 0 Å². The quantitative estimate of drug-likeness (QED) is 0.149. The molecule has 0 saturated carbocycles. The number of hydrogen-bond donors (Lipinski definition) is 0. The van der Waals surface area contributed by atoms with Crippen LogP contribution in [0.2, 0.25) is 0 Å². The van der Waals surface area contributed by atoms with Crippen molar-refractivity contribution < 1.29 is 13.9 Å². The lowest BCUT2D eigenvalue weighted by molar-refractivity contribution is 0.0769. The van der Waals surface area contributed by atoms with E-state index in [0.717, 1.165) is 89.0 Å². The van der Waals surface area contributed by atoms with Crippen LogP contribution in [0.15, 0.2) is 229 Å². The van der Waals surface area contributed by atoms with Crippen LogP contribution in [0.25, 0.3) is 112 Å². The van der Waals surface area contributed by atoms with Gasteiger partial charge in [0.15, 0.2) is 41.2 Å². The number of rotatable bonds is 8. The third-order valence-corrected chi connectivity index (χ3v) is 12.8. The van der Waals surface area contributed by atoms with Crippen molar-refractivity contribution in [3.8, 4) is 102 Å². The first-order valence-corrected chi connectivity index (χ1v) is 22.9. The number of pyridine rings is 2. The van der Waals surface area contributed by atoms with Gasteiger partial charge in [0.2, 0.25) is 0 Å². The van der Waals surface area contributed by atoms with E-state index in [1.54, 1.807) is 0 Å². The molecule has 8 nitrogen and oxygen atoms in total. The molecule has 0 spiro atoms. The molecule has 0 bridgehead atoms. The molecular weight excluding hydrogens is 851 g/mol. The number of furan rings is 1. The van der Waals surface area contributed by atoms with Crippen LogP contribution in [0.5, 0.6) is 11.5 Å². The standard InChI is InChI=1S/C61H39N5O3/c1-2-12-42(13-3-1)59-64-60(43-28-31-54-50(37-43)48-14-4-5-17-53(48)67-54)66-61(65-59)49-30-29-47(57-58(49)69-56-19-7-6-18-55(56)68-57)41-26-24-39(25-27-41)38-20-22-40(23-21-38)44-34-45(51-15-8-10-32-62-51)36-46(35-44)52-16-9-11-33-63-52/h1-37,55-56H. The maximum Gasteiger partial charge on any atom is 0.174 e. The highest BCUT2D eigenvalue weighted by Crippen LogP contribution is 2.49. The number of para-hydroxylation sites is 1. The zero-order chi connectivity index (χ0) is 45.7. The molecule has 0 saturated heterocycles. The van der Waals surface area contributed by atoms with Crippen molar-refractivity contribution in [1.82, 2.24) is 24.9 Å². The van der Waals surface area contributed by atoms with Gasteiger partial charge in [0.1, 0.15) is 11.2 Å². The normalized spacial score (nSPS) is 14.8. The Morgan fingerprint density at radius 3 is 1.49 bits per heavy atom. The summed E-state index contributed by atoms with van der Waals surface area (Å²) >= 11 is 0. The van der Waals surface area contributed by atoms with Gasteiger partial charge < -0.3 is 13.9 Å². The molecule has 8 heteroatoms. The number of allylic oxidation sites excluding steroid dienone is 2. The molecule has 2 atom stereocenters. The van der Waals surface area contributed by atoms with Crippen molar-refractivity contribution >= 4 is 21.9 Å². The van der Waals surface area contributed by atoms with Crippen molar-refractivity contribution in [2.75, 3.05) is 0 Å². The van der Waals surface area contributed by atoms with Crippen molar-refractivity contribution in [1.29, 1.82) is 0 Å². The molecule has 0 amide bonds. The van der Waals surface area contributed by atoms with Crippen molar-refractivity contribution in [3.63, 3.8) is 0 Å². The molecule has 2 aliphatic rings. The number of hydrogen-bond acceptors (Lipinski definition) is 8. The lowest BCUT2D eigenvalue weighted by Gasteiger charge is -2.34. The van der Waals surface area contributed by atoms with E-state index in [1.165, 1.54) is 0 Å². The fourth-order valence-corrected chi connectivity index (χ4v) is 9.31. The predicted octanol–water partition coefficient (Wildman–Crippen LogP) is 14.5. The molecule has 5 heterocycles. The Morgan fingerprint density at radius 1 is 0.333 bits per heavy atom. The van der Waals surface area contributed by atoms with Crippen LogP contribution in [-0.2, 0) is 0 Å². The minimum atomic E-state index is -0.326. The molecule has 11 aromatic rings. The number of aromatic nitrogens is 5. The fraction of sp³-hybridized carbons (Fsp3) is 0.0328. The van der Waals surface area contributed by atoms with E-state index in [4.69, 9.17) is 28.8 Å². The number of nitrogens with zero attached hydrogens (tertiary/aromatic N) is 5. The van der Waals surface area contributed by atoms with E-state index in [2.05, 4.69) is 94.9 Å². The molecule has 4 aromatic heterocycles. The van der Waals surface area contributed by atoms with Crippen LogP contribution < -0.4 is 9.47 Å². The number of fused-ring (bicyclic) bond motifs is 5. The van der Waals surface area contributed by atoms with Crippen LogP contribution in [0, 0.1) is 0 Å². The first kappa shape index (κ1) is 40.0. The zero-order valence-corrected chi connectivity index (χ0v) is 37.0. The van der Waals surface area contributed by atoms with Gasteiger partial charge in [-0.25, -0.2) is 15.0 Å². The summed E-state index contributed by atoms with van der Waals surface area (Å²) in [5.41, 5.74) is 14.3. The van der Waals surface area contributed by atoms with E-state index >= 15 is 0 Å². The van der Waals surface area contributed by atoms with Crippen molar-refractivity contribution in [2.24, 2.45) is 0 Å². The Hall–Kier alpha value is -9.27. The van der Waals surface area contributed by atoms with Gasteiger partial charge >= 0.3 is 0 Å². The van der Waals surface area contributed by atoms with E-state index in [0.29, 0.717) is 34.5 Å². The first-order chi connectivity index (χ1) is 34.1. The molecule has 2 unspecified atom stereocenters. The molecule has 13 rings (SSSR count). The van der Waals surface area contributed by atoms with E-state index in [-0.39, 0.29) is 12.2 Å². The van der Waals surface area contributed by atoms with Gasteiger partial charge in [-0.05, 0) is 119 Å². The van der Waals surface area contributed by atoms with Crippen molar-refractivity contribution in [3.05, 3.63) is 225 Å². The maximum absolute atomic E-state index is 6.89. The molecule has 1 aliphatic carbocycles. The summed E-state index contributed by atoms with van der Waals surface area (Å²) in [5.74, 6) is 2.79. The van der Waals surface area contributed by atoms with Crippen LogP contribution in [0.4, 0.5) is 0 Å². The molecule has 326 valence electrons. The van der Waals surface area contributed by atoms with E-state index in [1.807, 2.05) is 140 Å². The minimum Gasteiger partial charge on any atom is -0.478 e. The number of benzene rings is 7. The molecule has 1 aliphatic heterocycles. The van der Waals surface area contributed by atoms with Gasteiger partial charge in [0.25, 0.3) is 0 Å². The second kappa shape index (κ2) is 16.9. The summed E-state index contributed by atoms with van der Waals surface area (Å²) in [7, 11) is 0. The van der Waals surface area contributed by atoms with Gasteiger partial charge in [-0.15, -0.1) is 0 Å². The lowest BCUT2D eigenvalue weighted by Crippen LogP contribution is -2.38. The summed E-state index contributed by atoms with van der Waals surface area (Å²) < 4.78 is 19.9. The highest BCUT2D eigenvalue weighted by Gasteiger charge is 2.34. The second-order valence-corrected chi connectivity index (χ2v) is 17.1. The first-order valence-electron chi connectivity index (χ1n) is 22.9. The lowest BCUT2D eigenvalue weighted by atomic mass is 9.94. The second-order valence-electron chi connectivity index (χ2n) is 17.1. The van der Waals surface area contributed by atoms with Gasteiger partial charge in [0.05, 0.1) is 17.0 Å². The highest BCUT2D eigenvalue weighted by atomic mass is 16.6. The molecule has 7 aromatic carbocycles. The molecule has 0 N–H and O–H groups in total. The highest BCUT2D eigenvalue weighted by molar-refractivity contribution is 6.06. The third kappa shape index (κ3) is 7.50. The molecule has 69 heavy (non-hydrogen) atoms. The molecule has 0 radical (unpaired) electrons. The Balaban J connectivity index is 0.865. The summed E-state index contributed by atoms with van der Waals surface area (Å²) in [6.07, 6.45) is 11.1. The summed E-state index contributed by atoms with van der Waals surface area (Å²) in [5, 5.41) is 2.03. The summed E-state index contributed by atoms with van der Waals surface area (Å²) in [4.78, 5) is 24.6. The van der Waals surface area contributed by atoms with Crippen LogP contribution in [0.3, 0.4) is 0 Å². The summed E-state index contributed by atoms with van der Waals surface area (Å²) in [6.45, 7) is 0. The molecular formula is C61H39N5O3. The summed E-state index contributed by atoms with van der Waals surface area (Å²) in [6, 6.07) is 64.1. The topological polar surface area (TPSA) is 96.1 Å². The van der Waals surface area contributed by atoms with Gasteiger partial charge in [-0.1, -0.05) is 121 Å². The average molecular weight is 890 g/mol. The van der Waals surface area contributed by atoms with Crippen LogP contribution >= 0.6 is 0 Å². The Bertz CT molecular complexity index is 3720. The van der Waals surface area contributed by atoms with Gasteiger partial charge in [0, 0.05) is 51.0 Å². The monoisotopic (exact) mass is 889 g/mol. The Kier molecular flexibility index (Phi) is 9.79. The average Bonchev–Trinajstić information content (AvgIpc) is 3.81. The van der Waals surface area contributed by atoms with Crippen LogP contribution in [0.1, 0.15) is 0 Å². The van der Waals surface area contributed by atoms with Gasteiger partial charge in [-0.3, -0.25) is 9.97 Å². The maximum atomic E-state index is 6.89. The van der Waals surface area contributed by atoms with E-state index in [9.17, 15) is 0 Å². The van der Waals surface area contributed by atoms with Crippen LogP contribution in [-0.4, -0.2) is 37.1 Å².